The number of imidazole rings is 1. The van der Waals surface area contributed by atoms with Crippen LogP contribution in [-0.4, -0.2) is 29.6 Å². The third-order valence-electron chi connectivity index (χ3n) is 7.28. The molecule has 4 aromatic carbocycles. The summed E-state index contributed by atoms with van der Waals surface area (Å²) in [6, 6.07) is 23.1. The first-order valence-corrected chi connectivity index (χ1v) is 14.4. The molecule has 0 saturated heterocycles. The Labute approximate surface area is 226 Å². The molecule has 6 rings (SSSR count). The maximum absolute atomic E-state index is 14.8. The Morgan fingerprint density at radius 2 is 1.74 bits per heavy atom. The average molecular weight is 540 g/mol. The van der Waals surface area contributed by atoms with Crippen LogP contribution in [0, 0.1) is 12.7 Å². The minimum atomic E-state index is -3.28. The molecule has 0 atom stereocenters. The molecule has 196 valence electrons. The Kier molecular flexibility index (Phi) is 6.07. The molecule has 8 heteroatoms. The van der Waals surface area contributed by atoms with Crippen molar-refractivity contribution in [2.75, 3.05) is 11.1 Å². The van der Waals surface area contributed by atoms with Gasteiger partial charge in [-0.2, -0.15) is 0 Å². The zero-order valence-electron chi connectivity index (χ0n) is 21.5. The highest BCUT2D eigenvalue weighted by molar-refractivity contribution is 7.91. The van der Waals surface area contributed by atoms with Gasteiger partial charge in [0.25, 0.3) is 0 Å². The lowest BCUT2D eigenvalue weighted by molar-refractivity contribution is -0.115. The van der Waals surface area contributed by atoms with Crippen LogP contribution in [0.4, 0.5) is 10.1 Å². The van der Waals surface area contributed by atoms with E-state index in [1.165, 1.54) is 18.2 Å². The molecule has 1 aromatic heterocycles. The number of carbonyl (C=O) groups excluding carboxylic acids is 1. The van der Waals surface area contributed by atoms with Crippen LogP contribution in [-0.2, 0) is 27.6 Å². The molecule has 0 unspecified atom stereocenters. The molecule has 0 fully saturated rings. The zero-order valence-corrected chi connectivity index (χ0v) is 22.3. The number of nitrogens with one attached hydrogen (secondary N) is 1. The number of carbonyl (C=O) groups is 1. The summed E-state index contributed by atoms with van der Waals surface area (Å²) >= 11 is 0. The van der Waals surface area contributed by atoms with Crippen LogP contribution in [0.5, 0.6) is 0 Å². The van der Waals surface area contributed by atoms with Crippen molar-refractivity contribution in [1.82, 2.24) is 9.55 Å². The average Bonchev–Trinajstić information content (AvgIpc) is 3.30. The summed E-state index contributed by atoms with van der Waals surface area (Å²) < 4.78 is 40.9. The number of amides is 1. The van der Waals surface area contributed by atoms with Crippen molar-refractivity contribution in [2.24, 2.45) is 0 Å². The van der Waals surface area contributed by atoms with Crippen LogP contribution in [0.25, 0.3) is 33.5 Å². The van der Waals surface area contributed by atoms with E-state index in [9.17, 15) is 17.6 Å². The lowest BCUT2D eigenvalue weighted by Gasteiger charge is -2.22. The van der Waals surface area contributed by atoms with Gasteiger partial charge in [0.15, 0.2) is 9.84 Å². The highest BCUT2D eigenvalue weighted by Gasteiger charge is 2.26. The molecule has 0 spiro atoms. The molecule has 0 bridgehead atoms. The van der Waals surface area contributed by atoms with E-state index in [2.05, 4.69) is 9.88 Å². The van der Waals surface area contributed by atoms with Crippen molar-refractivity contribution in [1.29, 1.82) is 0 Å². The predicted molar refractivity (Wildman–Crippen MR) is 151 cm³/mol. The number of halogens is 1. The van der Waals surface area contributed by atoms with E-state index < -0.39 is 9.84 Å². The highest BCUT2D eigenvalue weighted by atomic mass is 32.2. The Hall–Kier alpha value is -4.30. The number of aryl methyl sites for hydroxylation is 1. The van der Waals surface area contributed by atoms with Gasteiger partial charge in [0.05, 0.1) is 34.6 Å². The number of rotatable bonds is 6. The number of benzene rings is 4. The highest BCUT2D eigenvalue weighted by Crippen LogP contribution is 2.41. The minimum absolute atomic E-state index is 0.0318. The number of hydrogen-bond donors (Lipinski definition) is 1. The predicted octanol–water partition coefficient (Wildman–Crippen LogP) is 6.15. The maximum Gasteiger partial charge on any atom is 0.228 e. The van der Waals surface area contributed by atoms with E-state index in [-0.39, 0.29) is 28.8 Å². The Morgan fingerprint density at radius 1 is 1.00 bits per heavy atom. The third-order valence-corrected chi connectivity index (χ3v) is 9.03. The molecule has 1 N–H and O–H groups in total. The van der Waals surface area contributed by atoms with Crippen molar-refractivity contribution >= 4 is 32.5 Å². The number of hydrogen-bond acceptors (Lipinski definition) is 4. The quantitative estimate of drug-likeness (QED) is 0.275. The summed E-state index contributed by atoms with van der Waals surface area (Å²) in [7, 11) is -3.28. The van der Waals surface area contributed by atoms with Gasteiger partial charge in [0.2, 0.25) is 5.91 Å². The fourth-order valence-corrected chi connectivity index (χ4v) is 6.11. The van der Waals surface area contributed by atoms with Crippen molar-refractivity contribution in [3.05, 3.63) is 101 Å². The lowest BCUT2D eigenvalue weighted by atomic mass is 9.91. The van der Waals surface area contributed by atoms with Gasteiger partial charge in [-0.1, -0.05) is 37.3 Å². The van der Waals surface area contributed by atoms with E-state index in [1.54, 1.807) is 25.1 Å². The first kappa shape index (κ1) is 25.0. The summed E-state index contributed by atoms with van der Waals surface area (Å²) in [6.45, 7) is 4.02. The molecule has 0 saturated carbocycles. The summed E-state index contributed by atoms with van der Waals surface area (Å²) in [4.78, 5) is 17.8. The Balaban J connectivity index is 1.25. The van der Waals surface area contributed by atoms with Crippen molar-refractivity contribution < 1.29 is 17.6 Å². The molecule has 0 aliphatic carbocycles. The topological polar surface area (TPSA) is 81.1 Å². The Morgan fingerprint density at radius 3 is 2.46 bits per heavy atom. The first-order chi connectivity index (χ1) is 18.7. The molecule has 1 aliphatic heterocycles. The molecule has 2 heterocycles. The van der Waals surface area contributed by atoms with Crippen molar-refractivity contribution in [2.45, 2.75) is 31.7 Å². The van der Waals surface area contributed by atoms with Gasteiger partial charge in [-0.05, 0) is 72.1 Å². The number of sulfone groups is 1. The van der Waals surface area contributed by atoms with Gasteiger partial charge < -0.3 is 9.88 Å². The van der Waals surface area contributed by atoms with Crippen LogP contribution >= 0.6 is 0 Å². The van der Waals surface area contributed by atoms with E-state index >= 15 is 0 Å². The van der Waals surface area contributed by atoms with Gasteiger partial charge >= 0.3 is 0 Å². The molecule has 39 heavy (non-hydrogen) atoms. The number of aromatic nitrogens is 2. The fourth-order valence-electron chi connectivity index (χ4n) is 5.23. The number of anilines is 1. The van der Waals surface area contributed by atoms with Gasteiger partial charge in [-0.3, -0.25) is 4.79 Å². The zero-order chi connectivity index (χ0) is 27.3. The van der Waals surface area contributed by atoms with E-state index in [1.807, 2.05) is 49.4 Å². The molecule has 0 radical (unpaired) electrons. The normalized spacial score (nSPS) is 12.4. The van der Waals surface area contributed by atoms with Crippen molar-refractivity contribution in [3.63, 3.8) is 0 Å². The third kappa shape index (κ3) is 4.40. The second-order valence-electron chi connectivity index (χ2n) is 9.76. The van der Waals surface area contributed by atoms with Gasteiger partial charge in [0, 0.05) is 22.4 Å². The standard InChI is InChI=1S/C31H26FN3O3S/c1-3-39(37,38)23-14-8-20(9-15-23)17-28(36)33-22-12-10-21(11-13-22)31-34-27-16-7-19(2)29-24-5-4-6-26(32)25(24)18-35(31)30(27)29/h4-16H,3,17-18H2,1-2H3,(H,33,36). The smallest absolute Gasteiger partial charge is 0.228 e. The van der Waals surface area contributed by atoms with Crippen LogP contribution in [0.3, 0.4) is 0 Å². The second kappa shape index (κ2) is 9.47. The molecule has 6 nitrogen and oxygen atoms in total. The summed E-state index contributed by atoms with van der Waals surface area (Å²) in [5.41, 5.74) is 7.73. The first-order valence-electron chi connectivity index (χ1n) is 12.7. The van der Waals surface area contributed by atoms with Crippen LogP contribution in [0.15, 0.2) is 83.8 Å². The lowest BCUT2D eigenvalue weighted by Crippen LogP contribution is -2.14. The van der Waals surface area contributed by atoms with E-state index in [0.717, 1.165) is 44.7 Å². The fraction of sp³-hybridized carbons (Fsp3) is 0.161. The molecule has 1 amide bonds. The number of fused-ring (bicyclic) bond motifs is 2. The molecule has 5 aromatic rings. The van der Waals surface area contributed by atoms with E-state index in [0.29, 0.717) is 17.8 Å². The largest absolute Gasteiger partial charge is 0.326 e. The molecular formula is C31H26FN3O3S. The molecule has 1 aliphatic rings. The van der Waals surface area contributed by atoms with E-state index in [4.69, 9.17) is 4.98 Å². The van der Waals surface area contributed by atoms with Crippen LogP contribution < -0.4 is 5.32 Å². The van der Waals surface area contributed by atoms with Gasteiger partial charge in [-0.15, -0.1) is 0 Å². The SMILES string of the molecule is CCS(=O)(=O)c1ccc(CC(=O)Nc2ccc(-c3nc4ccc(C)c5c4n3Cc3c(F)cccc3-5)cc2)cc1. The maximum atomic E-state index is 14.8. The van der Waals surface area contributed by atoms with Crippen LogP contribution in [0.1, 0.15) is 23.6 Å². The summed E-state index contributed by atoms with van der Waals surface area (Å²) in [5, 5.41) is 2.89. The van der Waals surface area contributed by atoms with Crippen LogP contribution in [0.2, 0.25) is 0 Å². The molecular weight excluding hydrogens is 513 g/mol. The monoisotopic (exact) mass is 539 g/mol. The second-order valence-corrected chi connectivity index (χ2v) is 12.0. The minimum Gasteiger partial charge on any atom is -0.326 e. The summed E-state index contributed by atoms with van der Waals surface area (Å²) in [6.07, 6.45) is 0.122. The summed E-state index contributed by atoms with van der Waals surface area (Å²) in [5.74, 6) is 0.340. The van der Waals surface area contributed by atoms with Gasteiger partial charge in [0.1, 0.15) is 11.6 Å². The van der Waals surface area contributed by atoms with Crippen molar-refractivity contribution in [3.8, 4) is 22.5 Å². The number of nitrogens with zero attached hydrogens (tertiary/aromatic N) is 2. The Bertz CT molecular complexity index is 1860. The van der Waals surface area contributed by atoms with Gasteiger partial charge in [-0.25, -0.2) is 17.8 Å².